The molecule has 0 atom stereocenters. The van der Waals surface area contributed by atoms with Crippen molar-refractivity contribution in [2.75, 3.05) is 0 Å². The van der Waals surface area contributed by atoms with Crippen LogP contribution in [0.2, 0.25) is 0 Å². The molecule has 0 spiro atoms. The predicted octanol–water partition coefficient (Wildman–Crippen LogP) is 11.9. The number of furan rings is 1. The summed E-state index contributed by atoms with van der Waals surface area (Å²) in [4.78, 5) is 15.4. The van der Waals surface area contributed by atoms with Crippen LogP contribution >= 0.6 is 0 Å². The number of para-hydroxylation sites is 2. The highest BCUT2D eigenvalue weighted by Gasteiger charge is 2.51. The Morgan fingerprint density at radius 2 is 1.08 bits per heavy atom. The van der Waals surface area contributed by atoms with Crippen molar-refractivity contribution in [2.24, 2.45) is 17.8 Å². The number of benzene rings is 6. The topological polar surface area (TPSA) is 75.6 Å². The van der Waals surface area contributed by atoms with Crippen LogP contribution in [0.3, 0.4) is 0 Å². The van der Waals surface area contributed by atoms with Crippen LogP contribution in [0.15, 0.2) is 132 Å². The van der Waals surface area contributed by atoms with Crippen molar-refractivity contribution in [2.45, 2.75) is 43.9 Å². The number of fused-ring (bicyclic) bond motifs is 4. The minimum Gasteiger partial charge on any atom is -0.455 e. The molecule has 254 valence electrons. The lowest BCUT2D eigenvalue weighted by Crippen LogP contribution is -2.48. The molecule has 4 aliphatic rings. The van der Waals surface area contributed by atoms with Crippen molar-refractivity contribution in [3.63, 3.8) is 0 Å². The van der Waals surface area contributed by atoms with E-state index in [0.29, 0.717) is 28.5 Å². The molecule has 0 aliphatic heterocycles. The smallest absolute Gasteiger partial charge is 0.167 e. The second kappa shape index (κ2) is 11.7. The van der Waals surface area contributed by atoms with E-state index in [1.54, 1.807) is 0 Å². The molecule has 5 heteroatoms. The zero-order valence-electron chi connectivity index (χ0n) is 29.3. The molecule has 4 fully saturated rings. The fourth-order valence-corrected chi connectivity index (χ4v) is 10.6. The Bertz CT molecular complexity index is 2740. The second-order valence-corrected chi connectivity index (χ2v) is 15.8. The van der Waals surface area contributed by atoms with E-state index in [2.05, 4.69) is 78.9 Å². The summed E-state index contributed by atoms with van der Waals surface area (Å²) in [6.45, 7) is 0. The summed E-state index contributed by atoms with van der Waals surface area (Å²) >= 11 is 0. The van der Waals surface area contributed by atoms with Crippen LogP contribution in [0.1, 0.15) is 49.7 Å². The molecular formula is C48H36N4O. The zero-order valence-corrected chi connectivity index (χ0v) is 29.3. The molecular weight excluding hydrogens is 649 g/mol. The molecule has 5 nitrogen and oxygen atoms in total. The van der Waals surface area contributed by atoms with E-state index in [1.165, 1.54) is 44.1 Å². The fraction of sp³-hybridized carbons (Fsp3) is 0.208. The third-order valence-corrected chi connectivity index (χ3v) is 12.6. The lowest BCUT2D eigenvalue weighted by atomic mass is 9.48. The molecule has 2 heterocycles. The quantitative estimate of drug-likeness (QED) is 0.180. The molecule has 0 saturated heterocycles. The van der Waals surface area contributed by atoms with Crippen molar-refractivity contribution in [3.8, 4) is 51.4 Å². The molecule has 12 rings (SSSR count). The zero-order chi connectivity index (χ0) is 35.1. The van der Waals surface area contributed by atoms with Crippen molar-refractivity contribution >= 4 is 32.7 Å². The highest BCUT2D eigenvalue weighted by atomic mass is 16.3. The van der Waals surface area contributed by atoms with Crippen molar-refractivity contribution in [1.29, 1.82) is 5.26 Å². The van der Waals surface area contributed by atoms with Gasteiger partial charge in [-0.15, -0.1) is 0 Å². The van der Waals surface area contributed by atoms with Gasteiger partial charge in [0.1, 0.15) is 11.2 Å². The molecule has 4 saturated carbocycles. The van der Waals surface area contributed by atoms with Crippen LogP contribution in [-0.2, 0) is 5.41 Å². The van der Waals surface area contributed by atoms with Crippen molar-refractivity contribution < 1.29 is 4.42 Å². The van der Waals surface area contributed by atoms with Gasteiger partial charge in [-0.2, -0.15) is 5.26 Å². The molecule has 6 aromatic carbocycles. The van der Waals surface area contributed by atoms with Gasteiger partial charge in [0, 0.05) is 27.3 Å². The molecule has 0 N–H and O–H groups in total. The van der Waals surface area contributed by atoms with Crippen molar-refractivity contribution in [1.82, 2.24) is 15.0 Å². The maximum Gasteiger partial charge on any atom is 0.167 e. The van der Waals surface area contributed by atoms with E-state index in [4.69, 9.17) is 19.4 Å². The Balaban J connectivity index is 1.03. The summed E-state index contributed by atoms with van der Waals surface area (Å²) in [6, 6.07) is 46.3. The van der Waals surface area contributed by atoms with E-state index in [1.807, 2.05) is 54.6 Å². The Kier molecular flexibility index (Phi) is 6.73. The van der Waals surface area contributed by atoms with Gasteiger partial charge in [0.25, 0.3) is 0 Å². The van der Waals surface area contributed by atoms with Crippen LogP contribution in [0, 0.1) is 29.1 Å². The molecule has 53 heavy (non-hydrogen) atoms. The first-order chi connectivity index (χ1) is 26.1. The van der Waals surface area contributed by atoms with Gasteiger partial charge in [0.2, 0.25) is 0 Å². The van der Waals surface area contributed by atoms with Crippen molar-refractivity contribution in [3.05, 3.63) is 139 Å². The maximum atomic E-state index is 9.71. The van der Waals surface area contributed by atoms with Crippen LogP contribution in [0.4, 0.5) is 0 Å². The monoisotopic (exact) mass is 684 g/mol. The number of nitrogens with zero attached hydrogens (tertiary/aromatic N) is 4. The van der Waals surface area contributed by atoms with Crippen LogP contribution in [-0.4, -0.2) is 15.0 Å². The van der Waals surface area contributed by atoms with Gasteiger partial charge in [-0.3, -0.25) is 0 Å². The first kappa shape index (κ1) is 30.5. The largest absolute Gasteiger partial charge is 0.455 e. The number of rotatable bonds is 5. The van der Waals surface area contributed by atoms with Crippen LogP contribution in [0.5, 0.6) is 0 Å². The van der Waals surface area contributed by atoms with E-state index in [-0.39, 0.29) is 0 Å². The number of aromatic nitrogens is 3. The molecule has 2 aromatic heterocycles. The normalized spacial score (nSPS) is 21.8. The Morgan fingerprint density at radius 3 is 1.75 bits per heavy atom. The van der Waals surface area contributed by atoms with Gasteiger partial charge in [-0.05, 0) is 102 Å². The molecule has 8 aromatic rings. The van der Waals surface area contributed by atoms with Gasteiger partial charge < -0.3 is 4.42 Å². The number of hydrogen-bond acceptors (Lipinski definition) is 5. The number of nitriles is 1. The molecule has 4 bridgehead atoms. The number of hydrogen-bond donors (Lipinski definition) is 0. The lowest BCUT2D eigenvalue weighted by molar-refractivity contribution is -0.00518. The van der Waals surface area contributed by atoms with E-state index in [9.17, 15) is 5.26 Å². The summed E-state index contributed by atoms with van der Waals surface area (Å²) in [5.74, 6) is 4.55. The first-order valence-electron chi connectivity index (χ1n) is 18.9. The summed E-state index contributed by atoms with van der Waals surface area (Å²) < 4.78 is 6.46. The summed E-state index contributed by atoms with van der Waals surface area (Å²) in [7, 11) is 0. The van der Waals surface area contributed by atoms with Gasteiger partial charge >= 0.3 is 0 Å². The Labute approximate surface area is 308 Å². The highest BCUT2D eigenvalue weighted by Crippen LogP contribution is 2.60. The van der Waals surface area contributed by atoms with Gasteiger partial charge in [-0.1, -0.05) is 109 Å². The third kappa shape index (κ3) is 4.93. The summed E-state index contributed by atoms with van der Waals surface area (Å²) in [6.07, 6.45) is 8.35. The Hall–Kier alpha value is -6.12. The SMILES string of the molecule is N#Cc1ccc(-c2ccc(-c3nc(-c4ccc(C56C[C@H]7C[C@@H](C5)C[C@@H](C6)C7)cc4)nc(-c4cccc5c4oc4ccccc45)n3)cc2)c2ccccc12. The Morgan fingerprint density at radius 1 is 0.509 bits per heavy atom. The molecule has 0 radical (unpaired) electrons. The fourth-order valence-electron chi connectivity index (χ4n) is 10.6. The van der Waals surface area contributed by atoms with E-state index in [0.717, 1.165) is 78.3 Å². The van der Waals surface area contributed by atoms with Gasteiger partial charge in [0.15, 0.2) is 17.5 Å². The first-order valence-corrected chi connectivity index (χ1v) is 18.9. The standard InChI is InChI=1S/C48H36N4O/c49-28-35-18-21-38(39-7-2-1-6-37(35)39)32-12-14-33(15-13-32)45-50-46(34-16-19-36(20-17-34)48-25-29-22-30(26-48)24-31(23-29)27-48)52-47(51-45)42-10-5-9-41-40-8-3-4-11-43(40)53-44(41)42/h1-21,29-31H,22-27H2/t29-,30+,31-,48?. The van der Waals surface area contributed by atoms with Crippen LogP contribution in [0.25, 0.3) is 78.0 Å². The van der Waals surface area contributed by atoms with E-state index >= 15 is 0 Å². The molecule has 0 unspecified atom stereocenters. The molecule has 4 aliphatic carbocycles. The third-order valence-electron chi connectivity index (χ3n) is 12.6. The lowest BCUT2D eigenvalue weighted by Gasteiger charge is -2.57. The summed E-state index contributed by atoms with van der Waals surface area (Å²) in [5, 5.41) is 13.8. The predicted molar refractivity (Wildman–Crippen MR) is 211 cm³/mol. The highest BCUT2D eigenvalue weighted by molar-refractivity contribution is 6.09. The minimum atomic E-state index is 0.335. The minimum absolute atomic E-state index is 0.335. The van der Waals surface area contributed by atoms with Gasteiger partial charge in [0.05, 0.1) is 17.2 Å². The van der Waals surface area contributed by atoms with Crippen LogP contribution < -0.4 is 0 Å². The molecule has 0 amide bonds. The maximum absolute atomic E-state index is 9.71. The van der Waals surface area contributed by atoms with Gasteiger partial charge in [-0.25, -0.2) is 15.0 Å². The average molecular weight is 685 g/mol. The van der Waals surface area contributed by atoms with E-state index < -0.39 is 0 Å². The summed E-state index contributed by atoms with van der Waals surface area (Å²) in [5.41, 5.74) is 9.00. The average Bonchev–Trinajstić information content (AvgIpc) is 3.59. The second-order valence-electron chi connectivity index (χ2n) is 15.8.